The normalized spacial score (nSPS) is 16.4. The highest BCUT2D eigenvalue weighted by Gasteiger charge is 2.36. The summed E-state index contributed by atoms with van der Waals surface area (Å²) < 4.78 is 4.68. The first-order valence-corrected chi connectivity index (χ1v) is 5.84. The molecular weight excluding hydrogens is 216 g/mol. The van der Waals surface area contributed by atoms with E-state index in [0.29, 0.717) is 16.7 Å². The number of anilines is 1. The Morgan fingerprint density at radius 3 is 2.76 bits per heavy atom. The molecule has 4 heteroatoms. The van der Waals surface area contributed by atoms with E-state index in [1.165, 1.54) is 20.0 Å². The van der Waals surface area contributed by atoms with Crippen LogP contribution in [0, 0.1) is 12.3 Å². The van der Waals surface area contributed by atoms with Gasteiger partial charge in [-0.3, -0.25) is 0 Å². The molecule has 1 aliphatic rings. The molecule has 1 aromatic heterocycles. The quantitative estimate of drug-likeness (QED) is 0.813. The van der Waals surface area contributed by atoms with Gasteiger partial charge in [0.15, 0.2) is 0 Å². The molecule has 1 fully saturated rings. The Bertz CT molecular complexity index is 439. The summed E-state index contributed by atoms with van der Waals surface area (Å²) in [6, 6.07) is 3.58. The standard InChI is InChI=1S/C13H18N2O2/c1-9-10(12(16)17-3)4-5-11(15-9)14-8-13(2)6-7-13/h4-5H,6-8H2,1-3H3,(H,14,15). The van der Waals surface area contributed by atoms with Crippen LogP contribution >= 0.6 is 0 Å². The Labute approximate surface area is 101 Å². The molecule has 1 heterocycles. The fourth-order valence-electron chi connectivity index (χ4n) is 1.68. The SMILES string of the molecule is COC(=O)c1ccc(NCC2(C)CC2)nc1C. The maximum atomic E-state index is 11.4. The summed E-state index contributed by atoms with van der Waals surface area (Å²) in [4.78, 5) is 15.8. The molecule has 0 amide bonds. The molecule has 0 atom stereocenters. The van der Waals surface area contributed by atoms with Crippen molar-refractivity contribution in [3.8, 4) is 0 Å². The van der Waals surface area contributed by atoms with Crippen molar-refractivity contribution in [1.82, 2.24) is 4.98 Å². The molecule has 1 aliphatic carbocycles. The molecule has 0 radical (unpaired) electrons. The number of hydrogen-bond donors (Lipinski definition) is 1. The maximum Gasteiger partial charge on any atom is 0.339 e. The van der Waals surface area contributed by atoms with Gasteiger partial charge in [0.1, 0.15) is 5.82 Å². The number of ether oxygens (including phenoxy) is 1. The Balaban J connectivity index is 2.05. The average Bonchev–Trinajstić information content (AvgIpc) is 3.05. The van der Waals surface area contributed by atoms with Crippen LogP contribution in [0.25, 0.3) is 0 Å². The minimum absolute atomic E-state index is 0.337. The number of pyridine rings is 1. The van der Waals surface area contributed by atoms with Gasteiger partial charge in [-0.25, -0.2) is 9.78 Å². The van der Waals surface area contributed by atoms with Gasteiger partial charge in [0.2, 0.25) is 0 Å². The van der Waals surface area contributed by atoms with Gasteiger partial charge in [-0.1, -0.05) is 6.92 Å². The van der Waals surface area contributed by atoms with Crippen LogP contribution in [0.4, 0.5) is 5.82 Å². The van der Waals surface area contributed by atoms with E-state index in [9.17, 15) is 4.79 Å². The lowest BCUT2D eigenvalue weighted by Crippen LogP contribution is -2.14. The van der Waals surface area contributed by atoms with E-state index in [-0.39, 0.29) is 5.97 Å². The van der Waals surface area contributed by atoms with Gasteiger partial charge in [0.05, 0.1) is 18.4 Å². The average molecular weight is 234 g/mol. The van der Waals surface area contributed by atoms with Gasteiger partial charge in [-0.05, 0) is 37.3 Å². The first kappa shape index (κ1) is 11.9. The molecular formula is C13H18N2O2. The van der Waals surface area contributed by atoms with Crippen molar-refractivity contribution in [2.24, 2.45) is 5.41 Å². The third-order valence-corrected chi connectivity index (χ3v) is 3.29. The predicted octanol–water partition coefficient (Wildman–Crippen LogP) is 2.39. The fourth-order valence-corrected chi connectivity index (χ4v) is 1.68. The van der Waals surface area contributed by atoms with Crippen molar-refractivity contribution < 1.29 is 9.53 Å². The summed E-state index contributed by atoms with van der Waals surface area (Å²) in [5, 5.41) is 3.31. The lowest BCUT2D eigenvalue weighted by Gasteiger charge is -2.12. The second-order valence-corrected chi connectivity index (χ2v) is 4.99. The summed E-state index contributed by atoms with van der Waals surface area (Å²) in [5.74, 6) is 0.485. The number of rotatable bonds is 4. The van der Waals surface area contributed by atoms with Gasteiger partial charge in [-0.15, -0.1) is 0 Å². The zero-order chi connectivity index (χ0) is 12.5. The van der Waals surface area contributed by atoms with Crippen LogP contribution in [0.3, 0.4) is 0 Å². The van der Waals surface area contributed by atoms with Gasteiger partial charge in [-0.2, -0.15) is 0 Å². The molecule has 0 aromatic carbocycles. The van der Waals surface area contributed by atoms with Crippen LogP contribution < -0.4 is 5.32 Å². The van der Waals surface area contributed by atoms with Crippen molar-refractivity contribution in [3.63, 3.8) is 0 Å². The van der Waals surface area contributed by atoms with Gasteiger partial charge in [0, 0.05) is 6.54 Å². The van der Waals surface area contributed by atoms with E-state index in [0.717, 1.165) is 12.4 Å². The third-order valence-electron chi connectivity index (χ3n) is 3.29. The van der Waals surface area contributed by atoms with Crippen molar-refractivity contribution in [2.75, 3.05) is 19.0 Å². The number of nitrogens with one attached hydrogen (secondary N) is 1. The monoisotopic (exact) mass is 234 g/mol. The van der Waals surface area contributed by atoms with E-state index in [2.05, 4.69) is 22.0 Å². The molecule has 1 aromatic rings. The number of methoxy groups -OCH3 is 1. The number of carbonyl (C=O) groups excluding carboxylic acids is 1. The highest BCUT2D eigenvalue weighted by atomic mass is 16.5. The zero-order valence-electron chi connectivity index (χ0n) is 10.5. The van der Waals surface area contributed by atoms with E-state index in [1.54, 1.807) is 6.07 Å². The number of carbonyl (C=O) groups is 1. The van der Waals surface area contributed by atoms with Crippen LogP contribution in [0.5, 0.6) is 0 Å². The molecule has 0 unspecified atom stereocenters. The summed E-state index contributed by atoms with van der Waals surface area (Å²) in [6.07, 6.45) is 2.55. The van der Waals surface area contributed by atoms with Crippen molar-refractivity contribution in [2.45, 2.75) is 26.7 Å². The minimum atomic E-state index is -0.337. The molecule has 1 saturated carbocycles. The number of nitrogens with zero attached hydrogens (tertiary/aromatic N) is 1. The lowest BCUT2D eigenvalue weighted by molar-refractivity contribution is 0.0599. The molecule has 17 heavy (non-hydrogen) atoms. The van der Waals surface area contributed by atoms with Gasteiger partial charge >= 0.3 is 5.97 Å². The maximum absolute atomic E-state index is 11.4. The largest absolute Gasteiger partial charge is 0.465 e. The molecule has 2 rings (SSSR count). The number of esters is 1. The zero-order valence-corrected chi connectivity index (χ0v) is 10.5. The van der Waals surface area contributed by atoms with Crippen LogP contribution in [0.15, 0.2) is 12.1 Å². The third kappa shape index (κ3) is 2.75. The van der Waals surface area contributed by atoms with E-state index in [1.807, 2.05) is 13.0 Å². The minimum Gasteiger partial charge on any atom is -0.465 e. The topological polar surface area (TPSA) is 51.2 Å². The van der Waals surface area contributed by atoms with Crippen molar-refractivity contribution in [1.29, 1.82) is 0 Å². The molecule has 0 spiro atoms. The summed E-state index contributed by atoms with van der Waals surface area (Å²) in [6.45, 7) is 5.02. The smallest absolute Gasteiger partial charge is 0.339 e. The highest BCUT2D eigenvalue weighted by molar-refractivity contribution is 5.90. The molecule has 0 saturated heterocycles. The number of hydrogen-bond acceptors (Lipinski definition) is 4. The number of aryl methyl sites for hydroxylation is 1. The highest BCUT2D eigenvalue weighted by Crippen LogP contribution is 2.44. The van der Waals surface area contributed by atoms with Crippen molar-refractivity contribution >= 4 is 11.8 Å². The first-order valence-electron chi connectivity index (χ1n) is 5.84. The molecule has 0 bridgehead atoms. The van der Waals surface area contributed by atoms with Crippen LogP contribution in [-0.2, 0) is 4.74 Å². The van der Waals surface area contributed by atoms with Gasteiger partial charge in [0.25, 0.3) is 0 Å². The Kier molecular flexibility index (Phi) is 3.05. The van der Waals surface area contributed by atoms with Gasteiger partial charge < -0.3 is 10.1 Å². The molecule has 1 N–H and O–H groups in total. The lowest BCUT2D eigenvalue weighted by atomic mass is 10.1. The van der Waals surface area contributed by atoms with Crippen LogP contribution in [-0.4, -0.2) is 24.6 Å². The summed E-state index contributed by atoms with van der Waals surface area (Å²) in [5.41, 5.74) is 1.66. The predicted molar refractivity (Wildman–Crippen MR) is 66.1 cm³/mol. The Hall–Kier alpha value is -1.58. The summed E-state index contributed by atoms with van der Waals surface area (Å²) in [7, 11) is 1.38. The van der Waals surface area contributed by atoms with Crippen molar-refractivity contribution in [3.05, 3.63) is 23.4 Å². The first-order chi connectivity index (χ1) is 8.04. The molecule has 0 aliphatic heterocycles. The van der Waals surface area contributed by atoms with E-state index in [4.69, 9.17) is 0 Å². The molecule has 4 nitrogen and oxygen atoms in total. The summed E-state index contributed by atoms with van der Waals surface area (Å²) >= 11 is 0. The van der Waals surface area contributed by atoms with Crippen LogP contribution in [0.2, 0.25) is 0 Å². The van der Waals surface area contributed by atoms with E-state index < -0.39 is 0 Å². The van der Waals surface area contributed by atoms with E-state index >= 15 is 0 Å². The number of aromatic nitrogens is 1. The van der Waals surface area contributed by atoms with Crippen LogP contribution in [0.1, 0.15) is 35.8 Å². The second kappa shape index (κ2) is 4.35. The molecule has 92 valence electrons. The second-order valence-electron chi connectivity index (χ2n) is 4.99. The Morgan fingerprint density at radius 1 is 1.53 bits per heavy atom. The Morgan fingerprint density at radius 2 is 2.24 bits per heavy atom. The fraction of sp³-hybridized carbons (Fsp3) is 0.538.